The van der Waals surface area contributed by atoms with Gasteiger partial charge in [0, 0.05) is 31.4 Å². The molecule has 0 bridgehead atoms. The first-order chi connectivity index (χ1) is 9.33. The Kier molecular flexibility index (Phi) is 5.11. The second kappa shape index (κ2) is 7.06. The minimum Gasteiger partial charge on any atom is -0.380 e. The number of aromatic nitrogens is 3. The van der Waals surface area contributed by atoms with Gasteiger partial charge in [-0.1, -0.05) is 0 Å². The van der Waals surface area contributed by atoms with Crippen molar-refractivity contribution in [2.75, 3.05) is 25.6 Å². The SMILES string of the molecule is O=C(NCCCOCCCl)c1cnn2ccncc12. The van der Waals surface area contributed by atoms with Crippen LogP contribution in [-0.2, 0) is 4.74 Å². The fourth-order valence-electron chi connectivity index (χ4n) is 1.64. The number of hydrogen-bond donors (Lipinski definition) is 1. The molecule has 0 aliphatic carbocycles. The lowest BCUT2D eigenvalue weighted by atomic mass is 10.2. The molecule has 0 unspecified atom stereocenters. The predicted octanol–water partition coefficient (Wildman–Crippen LogP) is 1.10. The van der Waals surface area contributed by atoms with Crippen LogP contribution in [0.5, 0.6) is 0 Å². The number of fused-ring (bicyclic) bond motifs is 1. The van der Waals surface area contributed by atoms with E-state index in [0.29, 0.717) is 36.7 Å². The van der Waals surface area contributed by atoms with Gasteiger partial charge in [0.2, 0.25) is 0 Å². The second-order valence-electron chi connectivity index (χ2n) is 3.88. The summed E-state index contributed by atoms with van der Waals surface area (Å²) in [4.78, 5) is 15.9. The molecule has 2 heterocycles. The van der Waals surface area contributed by atoms with Gasteiger partial charge in [0.15, 0.2) is 0 Å². The smallest absolute Gasteiger partial charge is 0.255 e. The van der Waals surface area contributed by atoms with E-state index in [9.17, 15) is 4.79 Å². The Balaban J connectivity index is 1.83. The van der Waals surface area contributed by atoms with Gasteiger partial charge in [-0.2, -0.15) is 5.10 Å². The first-order valence-corrected chi connectivity index (χ1v) is 6.55. The number of rotatable bonds is 7. The predicted molar refractivity (Wildman–Crippen MR) is 71.5 cm³/mol. The molecule has 0 saturated carbocycles. The minimum absolute atomic E-state index is 0.152. The maximum Gasteiger partial charge on any atom is 0.255 e. The molecule has 102 valence electrons. The van der Waals surface area contributed by atoms with Crippen molar-refractivity contribution in [2.24, 2.45) is 0 Å². The van der Waals surface area contributed by atoms with Crippen molar-refractivity contribution in [1.29, 1.82) is 0 Å². The zero-order valence-electron chi connectivity index (χ0n) is 10.4. The fraction of sp³-hybridized carbons (Fsp3) is 0.417. The highest BCUT2D eigenvalue weighted by Crippen LogP contribution is 2.07. The van der Waals surface area contributed by atoms with Crippen LogP contribution in [0.3, 0.4) is 0 Å². The van der Waals surface area contributed by atoms with Gasteiger partial charge in [0.05, 0.1) is 30.1 Å². The quantitative estimate of drug-likeness (QED) is 0.610. The van der Waals surface area contributed by atoms with E-state index in [0.717, 1.165) is 6.42 Å². The Hall–Kier alpha value is -1.66. The average molecular weight is 283 g/mol. The van der Waals surface area contributed by atoms with Crippen LogP contribution in [0, 0.1) is 0 Å². The zero-order chi connectivity index (χ0) is 13.5. The Bertz CT molecular complexity index is 543. The maximum absolute atomic E-state index is 12.0. The standard InChI is InChI=1S/C12H15ClN4O2/c13-2-7-19-6-1-3-15-12(18)10-8-16-17-5-4-14-9-11(10)17/h4-5,8-9H,1-3,6-7H2,(H,15,18). The van der Waals surface area contributed by atoms with E-state index in [1.807, 2.05) is 0 Å². The van der Waals surface area contributed by atoms with Gasteiger partial charge < -0.3 is 10.1 Å². The number of alkyl halides is 1. The molecule has 7 heteroatoms. The molecule has 2 rings (SSSR count). The first-order valence-electron chi connectivity index (χ1n) is 6.02. The van der Waals surface area contributed by atoms with Crippen LogP contribution in [-0.4, -0.2) is 46.1 Å². The van der Waals surface area contributed by atoms with Gasteiger partial charge in [-0.15, -0.1) is 11.6 Å². The first kappa shape index (κ1) is 13.8. The molecule has 0 atom stereocenters. The Morgan fingerprint density at radius 1 is 1.42 bits per heavy atom. The third-order valence-electron chi connectivity index (χ3n) is 2.54. The highest BCUT2D eigenvalue weighted by Gasteiger charge is 2.11. The fourth-order valence-corrected chi connectivity index (χ4v) is 1.75. The van der Waals surface area contributed by atoms with Gasteiger partial charge in [-0.05, 0) is 6.42 Å². The summed E-state index contributed by atoms with van der Waals surface area (Å²) in [5.74, 6) is 0.335. The molecule has 1 N–H and O–H groups in total. The van der Waals surface area contributed by atoms with Crippen molar-refractivity contribution in [1.82, 2.24) is 19.9 Å². The van der Waals surface area contributed by atoms with E-state index >= 15 is 0 Å². The van der Waals surface area contributed by atoms with Crippen molar-refractivity contribution >= 4 is 23.0 Å². The van der Waals surface area contributed by atoms with Crippen LogP contribution in [0.4, 0.5) is 0 Å². The van der Waals surface area contributed by atoms with Gasteiger partial charge in [0.1, 0.15) is 0 Å². The van der Waals surface area contributed by atoms with E-state index in [2.05, 4.69) is 15.4 Å². The second-order valence-corrected chi connectivity index (χ2v) is 4.25. The van der Waals surface area contributed by atoms with Crippen molar-refractivity contribution < 1.29 is 9.53 Å². The van der Waals surface area contributed by atoms with E-state index < -0.39 is 0 Å². The van der Waals surface area contributed by atoms with Crippen molar-refractivity contribution in [3.63, 3.8) is 0 Å². The molecule has 0 aliphatic heterocycles. The number of hydrogen-bond acceptors (Lipinski definition) is 4. The summed E-state index contributed by atoms with van der Waals surface area (Å²) < 4.78 is 6.83. The van der Waals surface area contributed by atoms with Crippen molar-refractivity contribution in [3.8, 4) is 0 Å². The summed E-state index contributed by atoms with van der Waals surface area (Å²) in [5.41, 5.74) is 1.22. The molecule has 0 radical (unpaired) electrons. The molecular weight excluding hydrogens is 268 g/mol. The van der Waals surface area contributed by atoms with Crippen LogP contribution in [0.15, 0.2) is 24.8 Å². The molecule has 1 amide bonds. The summed E-state index contributed by atoms with van der Waals surface area (Å²) in [6, 6.07) is 0. The number of ether oxygens (including phenoxy) is 1. The molecule has 0 saturated heterocycles. The van der Waals surface area contributed by atoms with Crippen molar-refractivity contribution in [3.05, 3.63) is 30.4 Å². The highest BCUT2D eigenvalue weighted by molar-refractivity contribution is 6.17. The molecule has 0 aromatic carbocycles. The number of nitrogens with one attached hydrogen (secondary N) is 1. The van der Waals surface area contributed by atoms with Crippen LogP contribution in [0.2, 0.25) is 0 Å². The molecular formula is C12H15ClN4O2. The summed E-state index contributed by atoms with van der Waals surface area (Å²) in [6.45, 7) is 1.68. The number of amides is 1. The number of carbonyl (C=O) groups is 1. The summed E-state index contributed by atoms with van der Waals surface area (Å²) in [5, 5.41) is 6.91. The third-order valence-corrected chi connectivity index (χ3v) is 2.70. The Morgan fingerprint density at radius 2 is 2.32 bits per heavy atom. The van der Waals surface area contributed by atoms with Gasteiger partial charge in [-0.3, -0.25) is 9.78 Å². The van der Waals surface area contributed by atoms with Crippen LogP contribution in [0.1, 0.15) is 16.8 Å². The summed E-state index contributed by atoms with van der Waals surface area (Å²) >= 11 is 5.48. The lowest BCUT2D eigenvalue weighted by molar-refractivity contribution is 0.0946. The monoisotopic (exact) mass is 282 g/mol. The highest BCUT2D eigenvalue weighted by atomic mass is 35.5. The zero-order valence-corrected chi connectivity index (χ0v) is 11.1. The normalized spacial score (nSPS) is 10.8. The van der Waals surface area contributed by atoms with Gasteiger partial charge in [-0.25, -0.2) is 4.52 Å². The van der Waals surface area contributed by atoms with E-state index in [4.69, 9.17) is 16.3 Å². The topological polar surface area (TPSA) is 68.5 Å². The largest absolute Gasteiger partial charge is 0.380 e. The Labute approximate surface area is 115 Å². The summed E-state index contributed by atoms with van der Waals surface area (Å²) in [6.07, 6.45) is 7.23. The average Bonchev–Trinajstić information content (AvgIpc) is 2.86. The maximum atomic E-state index is 12.0. The lowest BCUT2D eigenvalue weighted by Crippen LogP contribution is -2.25. The molecule has 6 nitrogen and oxygen atoms in total. The van der Waals surface area contributed by atoms with E-state index in [1.54, 1.807) is 23.1 Å². The Morgan fingerprint density at radius 3 is 3.16 bits per heavy atom. The molecule has 0 fully saturated rings. The van der Waals surface area contributed by atoms with Crippen LogP contribution in [0.25, 0.3) is 5.52 Å². The summed E-state index contributed by atoms with van der Waals surface area (Å²) in [7, 11) is 0. The number of halogens is 1. The van der Waals surface area contributed by atoms with Gasteiger partial charge in [0.25, 0.3) is 5.91 Å². The third kappa shape index (κ3) is 3.65. The molecule has 0 aliphatic rings. The molecule has 2 aromatic rings. The lowest BCUT2D eigenvalue weighted by Gasteiger charge is -2.04. The van der Waals surface area contributed by atoms with E-state index in [-0.39, 0.29) is 5.91 Å². The number of nitrogens with zero attached hydrogens (tertiary/aromatic N) is 3. The van der Waals surface area contributed by atoms with Crippen LogP contribution >= 0.6 is 11.6 Å². The van der Waals surface area contributed by atoms with Crippen molar-refractivity contribution in [2.45, 2.75) is 6.42 Å². The number of carbonyl (C=O) groups excluding carboxylic acids is 1. The molecule has 19 heavy (non-hydrogen) atoms. The molecule has 0 spiro atoms. The van der Waals surface area contributed by atoms with Crippen LogP contribution < -0.4 is 5.32 Å². The van der Waals surface area contributed by atoms with E-state index in [1.165, 1.54) is 6.20 Å². The molecule has 2 aromatic heterocycles. The minimum atomic E-state index is -0.152. The van der Waals surface area contributed by atoms with Gasteiger partial charge >= 0.3 is 0 Å².